The topological polar surface area (TPSA) is 55.8 Å². The number of ether oxygens (including phenoxy) is 2. The second kappa shape index (κ2) is 6.09. The number of hydrogen-bond acceptors (Lipinski definition) is 4. The molecule has 0 aromatic rings. The van der Waals surface area contributed by atoms with Gasteiger partial charge in [-0.3, -0.25) is 4.79 Å². The highest BCUT2D eigenvalue weighted by Gasteiger charge is 2.46. The van der Waals surface area contributed by atoms with Gasteiger partial charge in [-0.25, -0.2) is 4.79 Å². The molecule has 0 radical (unpaired) electrons. The predicted molar refractivity (Wildman–Crippen MR) is 85.5 cm³/mol. The summed E-state index contributed by atoms with van der Waals surface area (Å²) in [6, 6.07) is 0. The first-order chi connectivity index (χ1) is 9.74. The minimum atomic E-state index is -0.564. The van der Waals surface area contributed by atoms with E-state index in [1.165, 1.54) is 0 Å². The highest BCUT2D eigenvalue weighted by molar-refractivity contribution is 5.78. The number of carbonyl (C=O) groups excluding carboxylic acids is 2. The Morgan fingerprint density at radius 2 is 1.55 bits per heavy atom. The van der Waals surface area contributed by atoms with Crippen LogP contribution in [0.25, 0.3) is 0 Å². The van der Waals surface area contributed by atoms with Crippen molar-refractivity contribution in [1.82, 2.24) is 4.90 Å². The lowest BCUT2D eigenvalue weighted by Gasteiger charge is -2.43. The van der Waals surface area contributed by atoms with Crippen molar-refractivity contribution in [1.29, 1.82) is 0 Å². The van der Waals surface area contributed by atoms with Crippen LogP contribution in [0.3, 0.4) is 0 Å². The number of nitrogens with zero attached hydrogens (tertiary/aromatic N) is 1. The van der Waals surface area contributed by atoms with Gasteiger partial charge in [0, 0.05) is 13.1 Å². The molecule has 1 saturated heterocycles. The molecule has 5 nitrogen and oxygen atoms in total. The average molecular weight is 313 g/mol. The molecule has 22 heavy (non-hydrogen) atoms. The van der Waals surface area contributed by atoms with Crippen molar-refractivity contribution in [2.75, 3.05) is 13.1 Å². The summed E-state index contributed by atoms with van der Waals surface area (Å²) in [5, 5.41) is 0. The van der Waals surface area contributed by atoms with Crippen LogP contribution in [0, 0.1) is 11.3 Å². The average Bonchev–Trinajstić information content (AvgIpc) is 2.28. The van der Waals surface area contributed by atoms with Gasteiger partial charge < -0.3 is 14.4 Å². The summed E-state index contributed by atoms with van der Waals surface area (Å²) in [6.45, 7) is 16.1. The van der Waals surface area contributed by atoms with Gasteiger partial charge in [-0.15, -0.1) is 0 Å². The van der Waals surface area contributed by atoms with Crippen LogP contribution in [0.2, 0.25) is 0 Å². The fourth-order valence-electron chi connectivity index (χ4n) is 2.43. The standard InChI is InChI=1S/C17H31NO4/c1-12-11-18(14(20)22-16(5,6)7)10-9-17(12,8)13(19)21-15(2,3)4/h12H,9-11H2,1-8H3. The van der Waals surface area contributed by atoms with Gasteiger partial charge in [-0.1, -0.05) is 6.92 Å². The molecule has 0 bridgehead atoms. The third-order valence-electron chi connectivity index (χ3n) is 4.00. The van der Waals surface area contributed by atoms with Crippen LogP contribution in [0.5, 0.6) is 0 Å². The van der Waals surface area contributed by atoms with E-state index in [1.807, 2.05) is 55.4 Å². The van der Waals surface area contributed by atoms with Gasteiger partial charge >= 0.3 is 12.1 Å². The van der Waals surface area contributed by atoms with Gasteiger partial charge in [0.25, 0.3) is 0 Å². The molecule has 1 heterocycles. The van der Waals surface area contributed by atoms with E-state index in [-0.39, 0.29) is 18.0 Å². The Morgan fingerprint density at radius 1 is 1.05 bits per heavy atom. The van der Waals surface area contributed by atoms with Gasteiger partial charge in [0.1, 0.15) is 11.2 Å². The van der Waals surface area contributed by atoms with Crippen LogP contribution in [0.15, 0.2) is 0 Å². The molecule has 0 N–H and O–H groups in total. The Hall–Kier alpha value is -1.26. The van der Waals surface area contributed by atoms with Crippen LogP contribution < -0.4 is 0 Å². The number of hydrogen-bond donors (Lipinski definition) is 0. The lowest BCUT2D eigenvalue weighted by Crippen LogP contribution is -2.52. The quantitative estimate of drug-likeness (QED) is 0.694. The van der Waals surface area contributed by atoms with E-state index in [0.717, 1.165) is 0 Å². The zero-order valence-corrected chi connectivity index (χ0v) is 15.3. The molecule has 1 aliphatic rings. The van der Waals surface area contributed by atoms with Crippen LogP contribution >= 0.6 is 0 Å². The molecular weight excluding hydrogens is 282 g/mol. The number of likely N-dealkylation sites (tertiary alicyclic amines) is 1. The number of amides is 1. The van der Waals surface area contributed by atoms with Crippen LogP contribution in [0.4, 0.5) is 4.79 Å². The zero-order valence-electron chi connectivity index (χ0n) is 15.3. The Bertz CT molecular complexity index is 433. The lowest BCUT2D eigenvalue weighted by molar-refractivity contribution is -0.173. The second-order valence-electron chi connectivity index (χ2n) is 8.50. The minimum Gasteiger partial charge on any atom is -0.460 e. The minimum absolute atomic E-state index is 0.0172. The highest BCUT2D eigenvalue weighted by Crippen LogP contribution is 2.38. The van der Waals surface area contributed by atoms with Crippen LogP contribution in [0.1, 0.15) is 61.8 Å². The first-order valence-electron chi connectivity index (χ1n) is 7.96. The molecule has 1 aliphatic heterocycles. The number of rotatable bonds is 1. The van der Waals surface area contributed by atoms with Gasteiger partial charge in [0.15, 0.2) is 0 Å². The van der Waals surface area contributed by atoms with Gasteiger partial charge in [-0.2, -0.15) is 0 Å². The molecule has 5 heteroatoms. The fraction of sp³-hybridized carbons (Fsp3) is 0.882. The van der Waals surface area contributed by atoms with E-state index in [2.05, 4.69) is 0 Å². The molecule has 2 unspecified atom stereocenters. The molecule has 1 rings (SSSR count). The van der Waals surface area contributed by atoms with E-state index in [9.17, 15) is 9.59 Å². The van der Waals surface area contributed by atoms with E-state index >= 15 is 0 Å². The normalized spacial score (nSPS) is 26.5. The molecule has 0 aliphatic carbocycles. The summed E-state index contributed by atoms with van der Waals surface area (Å²) < 4.78 is 11.0. The smallest absolute Gasteiger partial charge is 0.410 e. The monoisotopic (exact) mass is 313 g/mol. The van der Waals surface area contributed by atoms with Crippen LogP contribution in [-0.4, -0.2) is 41.3 Å². The third kappa shape index (κ3) is 4.89. The fourth-order valence-corrected chi connectivity index (χ4v) is 2.43. The van der Waals surface area contributed by atoms with Gasteiger partial charge in [0.05, 0.1) is 5.41 Å². The summed E-state index contributed by atoms with van der Waals surface area (Å²) in [6.07, 6.45) is 0.271. The predicted octanol–water partition coefficient (Wildman–Crippen LogP) is 3.61. The molecule has 0 aromatic carbocycles. The molecule has 1 amide bonds. The maximum atomic E-state index is 12.5. The summed E-state index contributed by atoms with van der Waals surface area (Å²) in [5.41, 5.74) is -1.57. The molecule has 1 fully saturated rings. The number of piperidine rings is 1. The molecule has 2 atom stereocenters. The maximum absolute atomic E-state index is 12.5. The molecule has 128 valence electrons. The SMILES string of the molecule is CC1CN(C(=O)OC(C)(C)C)CCC1(C)C(=O)OC(C)(C)C. The summed E-state index contributed by atoms with van der Waals surface area (Å²) in [5.74, 6) is -0.167. The largest absolute Gasteiger partial charge is 0.460 e. The van der Waals surface area contributed by atoms with Crippen molar-refractivity contribution in [2.45, 2.75) is 73.0 Å². The Balaban J connectivity index is 2.73. The van der Waals surface area contributed by atoms with Crippen molar-refractivity contribution >= 4 is 12.1 Å². The molecule has 0 saturated carbocycles. The van der Waals surface area contributed by atoms with Crippen molar-refractivity contribution in [3.05, 3.63) is 0 Å². The van der Waals surface area contributed by atoms with E-state index in [4.69, 9.17) is 9.47 Å². The molecule has 0 spiro atoms. The van der Waals surface area contributed by atoms with Crippen LogP contribution in [-0.2, 0) is 14.3 Å². The van der Waals surface area contributed by atoms with Crippen molar-refractivity contribution in [2.24, 2.45) is 11.3 Å². The Kier molecular flexibility index (Phi) is 5.20. The first-order valence-corrected chi connectivity index (χ1v) is 7.96. The van der Waals surface area contributed by atoms with E-state index < -0.39 is 16.6 Å². The molecular formula is C17H31NO4. The molecule has 0 aromatic heterocycles. The van der Waals surface area contributed by atoms with Crippen molar-refractivity contribution < 1.29 is 19.1 Å². The van der Waals surface area contributed by atoms with Gasteiger partial charge in [0.2, 0.25) is 0 Å². The Morgan fingerprint density at radius 3 is 1.95 bits per heavy atom. The van der Waals surface area contributed by atoms with Gasteiger partial charge in [-0.05, 0) is 60.8 Å². The lowest BCUT2D eigenvalue weighted by atomic mass is 9.72. The number of carbonyl (C=O) groups is 2. The second-order valence-corrected chi connectivity index (χ2v) is 8.50. The van der Waals surface area contributed by atoms with E-state index in [1.54, 1.807) is 4.90 Å². The maximum Gasteiger partial charge on any atom is 0.410 e. The summed E-state index contributed by atoms with van der Waals surface area (Å²) >= 11 is 0. The first kappa shape index (κ1) is 18.8. The number of esters is 1. The Labute approximate surface area is 134 Å². The van der Waals surface area contributed by atoms with Crippen molar-refractivity contribution in [3.63, 3.8) is 0 Å². The summed E-state index contributed by atoms with van der Waals surface area (Å²) in [7, 11) is 0. The van der Waals surface area contributed by atoms with Crippen molar-refractivity contribution in [3.8, 4) is 0 Å². The zero-order chi connectivity index (χ0) is 17.3. The van der Waals surface area contributed by atoms with E-state index in [0.29, 0.717) is 19.5 Å². The third-order valence-corrected chi connectivity index (χ3v) is 4.00. The summed E-state index contributed by atoms with van der Waals surface area (Å²) in [4.78, 5) is 26.3. The highest BCUT2D eigenvalue weighted by atomic mass is 16.6.